The molecule has 19 heteroatoms. The fraction of sp³-hybridized carbons (Fsp3) is 0.647. The van der Waals surface area contributed by atoms with Crippen molar-refractivity contribution in [3.8, 4) is 0 Å². The maximum Gasteiger partial charge on any atom is 0.460 e. The van der Waals surface area contributed by atoms with Gasteiger partial charge in [-0.15, -0.1) is 0 Å². The van der Waals surface area contributed by atoms with E-state index in [4.69, 9.17) is 11.5 Å². The van der Waals surface area contributed by atoms with E-state index in [2.05, 4.69) is 0 Å². The fourth-order valence-electron chi connectivity index (χ4n) is 2.84. The van der Waals surface area contributed by atoms with Gasteiger partial charge in [-0.2, -0.15) is 74.6 Å². The highest BCUT2D eigenvalue weighted by atomic mass is 19.4. The molecule has 0 aliphatic rings. The summed E-state index contributed by atoms with van der Waals surface area (Å²) in [5.74, 6) is -57.2. The summed E-state index contributed by atoms with van der Waals surface area (Å²) in [6.45, 7) is 2.13. The van der Waals surface area contributed by atoms with Crippen molar-refractivity contribution >= 4 is 5.69 Å². The van der Waals surface area contributed by atoms with Crippen molar-refractivity contribution in [2.45, 2.75) is 67.5 Å². The second kappa shape index (κ2) is 8.41. The van der Waals surface area contributed by atoms with Crippen molar-refractivity contribution < 1.29 is 74.6 Å². The molecule has 0 aromatic heterocycles. The number of benzene rings is 1. The Kier molecular flexibility index (Phi) is 7.43. The highest BCUT2D eigenvalue weighted by Gasteiger charge is 2.95. The Morgan fingerprint density at radius 1 is 0.556 bits per heavy atom. The van der Waals surface area contributed by atoms with Gasteiger partial charge in [-0.1, -0.05) is 17.7 Å². The Morgan fingerprint density at radius 2 is 0.889 bits per heavy atom. The largest absolute Gasteiger partial charge is 0.460 e. The molecule has 0 radical (unpaired) electrons. The van der Waals surface area contributed by atoms with Crippen LogP contribution >= 0.6 is 0 Å². The number of nitrogens with two attached hydrogens (primary N) is 2. The Balaban J connectivity index is 3.77. The van der Waals surface area contributed by atoms with Crippen molar-refractivity contribution in [2.75, 3.05) is 5.73 Å². The number of alkyl halides is 17. The Labute approximate surface area is 189 Å². The minimum Gasteiger partial charge on any atom is -0.398 e. The molecule has 1 atom stereocenters. The minimum atomic E-state index is -8.69. The first kappa shape index (κ1) is 31.8. The summed E-state index contributed by atoms with van der Waals surface area (Å²) in [6, 6.07) is -2.27. The summed E-state index contributed by atoms with van der Waals surface area (Å²) in [5.41, 5.74) is 7.51. The SMILES string of the molecule is Cc1cc(C)c(N)c(C(N)C(F)(F)C(F)(F)C(F)(F)C(F)(F)C(F)(F)C(F)(F)C(F)(F)C(F)(F)F)c1. The maximum absolute atomic E-state index is 14.4. The molecule has 1 rings (SSSR count). The monoisotopic (exact) mass is 568 g/mol. The Hall–Kier alpha value is -2.21. The number of nitrogen functional groups attached to an aromatic ring is 1. The van der Waals surface area contributed by atoms with Gasteiger partial charge in [-0.05, 0) is 25.0 Å². The van der Waals surface area contributed by atoms with E-state index in [1.54, 1.807) is 0 Å². The smallest absolute Gasteiger partial charge is 0.398 e. The van der Waals surface area contributed by atoms with Crippen LogP contribution in [0.25, 0.3) is 0 Å². The molecule has 2 nitrogen and oxygen atoms in total. The van der Waals surface area contributed by atoms with E-state index >= 15 is 0 Å². The number of rotatable bonds is 8. The first-order valence-corrected chi connectivity index (χ1v) is 8.82. The number of hydrogen-bond donors (Lipinski definition) is 2. The van der Waals surface area contributed by atoms with Crippen LogP contribution in [0.5, 0.6) is 0 Å². The van der Waals surface area contributed by atoms with E-state index < -0.39 is 64.9 Å². The lowest BCUT2D eigenvalue weighted by atomic mass is 9.85. The molecule has 0 heterocycles. The van der Waals surface area contributed by atoms with Crippen LogP contribution in [0.15, 0.2) is 12.1 Å². The molecule has 4 N–H and O–H groups in total. The zero-order valence-electron chi connectivity index (χ0n) is 17.3. The first-order chi connectivity index (χ1) is 15.5. The summed E-state index contributed by atoms with van der Waals surface area (Å²) >= 11 is 0. The van der Waals surface area contributed by atoms with Gasteiger partial charge < -0.3 is 11.5 Å². The van der Waals surface area contributed by atoms with Gasteiger partial charge in [0.05, 0.1) is 0 Å². The lowest BCUT2D eigenvalue weighted by molar-refractivity contribution is -0.462. The van der Waals surface area contributed by atoms with Crippen molar-refractivity contribution in [2.24, 2.45) is 5.73 Å². The third-order valence-electron chi connectivity index (χ3n) is 5.04. The van der Waals surface area contributed by atoms with Crippen molar-refractivity contribution in [1.82, 2.24) is 0 Å². The minimum absolute atomic E-state index is 0.107. The van der Waals surface area contributed by atoms with Crippen molar-refractivity contribution in [3.63, 3.8) is 0 Å². The molecule has 0 amide bonds. The van der Waals surface area contributed by atoms with E-state index in [1.807, 2.05) is 0 Å². The second-order valence-electron chi connectivity index (χ2n) is 7.63. The Morgan fingerprint density at radius 3 is 1.25 bits per heavy atom. The van der Waals surface area contributed by atoms with Crippen LogP contribution in [0.1, 0.15) is 22.7 Å². The molecule has 0 aliphatic heterocycles. The average Bonchev–Trinajstić information content (AvgIpc) is 2.68. The molecule has 36 heavy (non-hydrogen) atoms. The van der Waals surface area contributed by atoms with Crippen LogP contribution in [0.2, 0.25) is 0 Å². The predicted octanol–water partition coefficient (Wildman–Crippen LogP) is 6.89. The van der Waals surface area contributed by atoms with Gasteiger partial charge in [-0.25, -0.2) is 0 Å². The summed E-state index contributed by atoms with van der Waals surface area (Å²) in [5, 5.41) is 0. The lowest BCUT2D eigenvalue weighted by Gasteiger charge is -2.43. The normalized spacial score (nSPS) is 16.3. The quantitative estimate of drug-likeness (QED) is 0.265. The molecular weight excluding hydrogens is 555 g/mol. The molecule has 1 aromatic rings. The van der Waals surface area contributed by atoms with E-state index in [9.17, 15) is 74.6 Å². The average molecular weight is 568 g/mol. The molecular formula is C17H13F17N2. The number of aryl methyl sites for hydroxylation is 2. The number of hydrogen-bond acceptors (Lipinski definition) is 2. The first-order valence-electron chi connectivity index (χ1n) is 8.82. The second-order valence-corrected chi connectivity index (χ2v) is 7.63. The van der Waals surface area contributed by atoms with Gasteiger partial charge >= 0.3 is 47.6 Å². The lowest BCUT2D eigenvalue weighted by Crippen LogP contribution is -2.75. The molecule has 0 spiro atoms. The summed E-state index contributed by atoms with van der Waals surface area (Å²) in [7, 11) is 0. The van der Waals surface area contributed by atoms with E-state index in [0.29, 0.717) is 6.07 Å². The van der Waals surface area contributed by atoms with Crippen molar-refractivity contribution in [3.05, 3.63) is 28.8 Å². The highest BCUT2D eigenvalue weighted by Crippen LogP contribution is 2.64. The van der Waals surface area contributed by atoms with Gasteiger partial charge in [0, 0.05) is 5.69 Å². The number of anilines is 1. The van der Waals surface area contributed by atoms with Gasteiger partial charge in [0.2, 0.25) is 0 Å². The van der Waals surface area contributed by atoms with Crippen LogP contribution in [-0.4, -0.2) is 47.6 Å². The van der Waals surface area contributed by atoms with Crippen molar-refractivity contribution in [1.29, 1.82) is 0 Å². The zero-order chi connectivity index (χ0) is 29.3. The van der Waals surface area contributed by atoms with Crippen LogP contribution in [0.3, 0.4) is 0 Å². The fourth-order valence-corrected chi connectivity index (χ4v) is 2.84. The molecule has 0 aliphatic carbocycles. The molecule has 0 fully saturated rings. The number of halogens is 17. The van der Waals surface area contributed by atoms with E-state index in [1.165, 1.54) is 0 Å². The summed E-state index contributed by atoms with van der Waals surface area (Å²) in [6.07, 6.45) is -7.80. The topological polar surface area (TPSA) is 52.0 Å². The standard InChI is InChI=1S/C17H13F17N2/c1-5-3-6(2)8(35)7(4-5)9(36)10(18,19)11(20,21)12(22,23)13(24,25)14(26,27)15(28,29)16(30,31)17(32,33)34/h3-4,9H,35-36H2,1-2H3. The molecule has 1 aromatic carbocycles. The van der Waals surface area contributed by atoms with Crippen LogP contribution in [0.4, 0.5) is 80.3 Å². The maximum atomic E-state index is 14.4. The Bertz CT molecular complexity index is 980. The van der Waals surface area contributed by atoms with Gasteiger partial charge in [-0.3, -0.25) is 0 Å². The summed E-state index contributed by atoms with van der Waals surface area (Å²) in [4.78, 5) is 0. The third-order valence-corrected chi connectivity index (χ3v) is 5.04. The molecule has 1 unspecified atom stereocenters. The van der Waals surface area contributed by atoms with Crippen LogP contribution < -0.4 is 11.5 Å². The van der Waals surface area contributed by atoms with Gasteiger partial charge in [0.15, 0.2) is 0 Å². The van der Waals surface area contributed by atoms with E-state index in [-0.39, 0.29) is 11.1 Å². The third kappa shape index (κ3) is 4.00. The zero-order valence-corrected chi connectivity index (χ0v) is 17.3. The van der Waals surface area contributed by atoms with Gasteiger partial charge in [0.25, 0.3) is 0 Å². The van der Waals surface area contributed by atoms with Crippen LogP contribution in [0, 0.1) is 13.8 Å². The summed E-state index contributed by atoms with van der Waals surface area (Å²) < 4.78 is 228. The van der Waals surface area contributed by atoms with Gasteiger partial charge in [0.1, 0.15) is 6.04 Å². The molecule has 210 valence electrons. The molecule has 0 bridgehead atoms. The molecule has 0 saturated carbocycles. The molecule has 0 saturated heterocycles. The highest BCUT2D eigenvalue weighted by molar-refractivity contribution is 5.57. The predicted molar refractivity (Wildman–Crippen MR) is 87.9 cm³/mol. The van der Waals surface area contributed by atoms with Crippen LogP contribution in [-0.2, 0) is 0 Å². The van der Waals surface area contributed by atoms with E-state index in [0.717, 1.165) is 19.9 Å².